The number of rotatable bonds is 52. The number of aliphatic hydroxyl groups excluding tert-OH is 2. The van der Waals surface area contributed by atoms with Crippen LogP contribution in [0.25, 0.3) is 0 Å². The molecule has 0 heterocycles. The van der Waals surface area contributed by atoms with E-state index in [1.807, 2.05) is 6.08 Å². The van der Waals surface area contributed by atoms with Crippen LogP contribution in [-0.4, -0.2) is 47.4 Å². The fourth-order valence-electron chi connectivity index (χ4n) is 8.57. The maximum absolute atomic E-state index is 12.4. The van der Waals surface area contributed by atoms with Crippen LogP contribution in [-0.2, 0) is 14.3 Å². The van der Waals surface area contributed by atoms with E-state index in [2.05, 4.69) is 49.5 Å². The third-order valence-corrected chi connectivity index (χ3v) is 12.9. The van der Waals surface area contributed by atoms with Gasteiger partial charge >= 0.3 is 5.97 Å². The van der Waals surface area contributed by atoms with Crippen molar-refractivity contribution in [3.8, 4) is 0 Å². The predicted octanol–water partition coefficient (Wildman–Crippen LogP) is 17.2. The molecule has 0 aliphatic heterocycles. The molecule has 0 spiro atoms. The summed E-state index contributed by atoms with van der Waals surface area (Å²) < 4.78 is 5.45. The molecule has 64 heavy (non-hydrogen) atoms. The van der Waals surface area contributed by atoms with Gasteiger partial charge in [0.2, 0.25) is 5.91 Å². The molecular weight excluding hydrogens is 791 g/mol. The summed E-state index contributed by atoms with van der Waals surface area (Å²) in [7, 11) is 0. The van der Waals surface area contributed by atoms with Crippen molar-refractivity contribution in [2.24, 2.45) is 0 Å². The third-order valence-electron chi connectivity index (χ3n) is 12.9. The van der Waals surface area contributed by atoms with Gasteiger partial charge in [0.15, 0.2) is 0 Å². The summed E-state index contributed by atoms with van der Waals surface area (Å²) in [6.45, 7) is 4.89. The Kier molecular flexibility index (Phi) is 52.1. The van der Waals surface area contributed by atoms with Gasteiger partial charge in [0.1, 0.15) is 0 Å². The molecule has 0 bridgehead atoms. The van der Waals surface area contributed by atoms with Crippen molar-refractivity contribution < 1.29 is 24.5 Å². The van der Waals surface area contributed by atoms with E-state index in [1.54, 1.807) is 0 Å². The highest BCUT2D eigenvalue weighted by molar-refractivity contribution is 5.76. The summed E-state index contributed by atoms with van der Waals surface area (Å²) in [5, 5.41) is 23.2. The van der Waals surface area contributed by atoms with Gasteiger partial charge in [-0.25, -0.2) is 0 Å². The fraction of sp³-hybridized carbons (Fsp3) is 0.862. The predicted molar refractivity (Wildman–Crippen MR) is 278 cm³/mol. The Hall–Kier alpha value is -1.92. The lowest BCUT2D eigenvalue weighted by Gasteiger charge is -2.22. The monoisotopic (exact) mass is 900 g/mol. The molecule has 0 aromatic carbocycles. The van der Waals surface area contributed by atoms with Crippen molar-refractivity contribution in [2.45, 2.75) is 309 Å². The highest BCUT2D eigenvalue weighted by Crippen LogP contribution is 2.17. The lowest BCUT2D eigenvalue weighted by molar-refractivity contribution is -0.143. The van der Waals surface area contributed by atoms with Crippen molar-refractivity contribution in [1.82, 2.24) is 5.32 Å². The topological polar surface area (TPSA) is 95.9 Å². The van der Waals surface area contributed by atoms with Crippen LogP contribution in [0.3, 0.4) is 0 Å². The number of allylic oxidation sites excluding steroid dienone is 6. The first-order chi connectivity index (χ1) is 31.5. The molecule has 0 aromatic heterocycles. The molecule has 2 atom stereocenters. The molecule has 0 aromatic rings. The van der Waals surface area contributed by atoms with Gasteiger partial charge in [-0.1, -0.05) is 249 Å². The summed E-state index contributed by atoms with van der Waals surface area (Å²) in [5.74, 6) is -0.139. The molecule has 0 rings (SSSR count). The molecule has 0 saturated heterocycles. The van der Waals surface area contributed by atoms with Gasteiger partial charge < -0.3 is 20.3 Å². The van der Waals surface area contributed by atoms with Gasteiger partial charge in [0, 0.05) is 12.8 Å². The summed E-state index contributed by atoms with van der Waals surface area (Å²) in [6.07, 6.45) is 65.7. The lowest BCUT2D eigenvalue weighted by atomic mass is 10.0. The zero-order valence-corrected chi connectivity index (χ0v) is 42.8. The van der Waals surface area contributed by atoms with E-state index in [-0.39, 0.29) is 18.5 Å². The van der Waals surface area contributed by atoms with E-state index in [4.69, 9.17) is 4.74 Å². The number of carbonyl (C=O) groups is 2. The van der Waals surface area contributed by atoms with Crippen molar-refractivity contribution in [3.63, 3.8) is 0 Å². The summed E-state index contributed by atoms with van der Waals surface area (Å²) in [4.78, 5) is 24.5. The van der Waals surface area contributed by atoms with Crippen LogP contribution in [0.2, 0.25) is 0 Å². The first-order valence-electron chi connectivity index (χ1n) is 28.2. The molecule has 0 fully saturated rings. The standard InChI is InChI=1S/C58H109NO5/c1-3-5-7-9-11-13-15-17-19-20-21-22-24-26-30-34-38-42-46-50-56(61)55(54-60)59-57(62)51-47-43-39-35-31-27-25-29-33-37-41-45-49-53-64-58(63)52-48-44-40-36-32-28-23-18-16-14-12-10-8-6-4-2/h18,23,27,31,39,43,55-56,60-61H,3-17,19-22,24-26,28-30,32-38,40-42,44-54H2,1-2H3,(H,59,62)/b23-18-,31-27-,43-39-. The normalized spacial score (nSPS) is 12.9. The minimum Gasteiger partial charge on any atom is -0.466 e. The van der Waals surface area contributed by atoms with E-state index < -0.39 is 12.1 Å². The summed E-state index contributed by atoms with van der Waals surface area (Å²) in [5.41, 5.74) is 0. The van der Waals surface area contributed by atoms with Gasteiger partial charge in [0.05, 0.1) is 25.4 Å². The minimum atomic E-state index is -0.700. The molecule has 2 unspecified atom stereocenters. The number of aliphatic hydroxyl groups is 2. The Balaban J connectivity index is 3.55. The van der Waals surface area contributed by atoms with Gasteiger partial charge in [-0.05, 0) is 70.6 Å². The van der Waals surface area contributed by atoms with E-state index in [0.717, 1.165) is 51.4 Å². The molecule has 376 valence electrons. The molecular formula is C58H109NO5. The van der Waals surface area contributed by atoms with Gasteiger partial charge in [-0.3, -0.25) is 9.59 Å². The third kappa shape index (κ3) is 49.5. The summed E-state index contributed by atoms with van der Waals surface area (Å²) in [6, 6.07) is -0.586. The molecule has 0 aliphatic rings. The van der Waals surface area contributed by atoms with Gasteiger partial charge in [-0.15, -0.1) is 0 Å². The Morgan fingerprint density at radius 3 is 1.23 bits per heavy atom. The van der Waals surface area contributed by atoms with Crippen LogP contribution in [0.1, 0.15) is 296 Å². The largest absolute Gasteiger partial charge is 0.466 e. The SMILES string of the molecule is CCCCCCCC/C=C\CCCCCCCC(=O)OCCCCCCCC/C=C\C/C=C\CCC(=O)NC(CO)C(O)CCCCCCCCCCCCCCCCCCCCC. The first-order valence-corrected chi connectivity index (χ1v) is 28.2. The number of ether oxygens (including phenoxy) is 1. The quantitative estimate of drug-likeness (QED) is 0.0321. The first kappa shape index (κ1) is 62.1. The average Bonchev–Trinajstić information content (AvgIpc) is 3.29. The molecule has 0 aliphatic carbocycles. The minimum absolute atomic E-state index is 0.0248. The van der Waals surface area contributed by atoms with Crippen LogP contribution >= 0.6 is 0 Å². The van der Waals surface area contributed by atoms with Crippen LogP contribution < -0.4 is 5.32 Å². The molecule has 0 saturated carbocycles. The second kappa shape index (κ2) is 53.7. The zero-order valence-electron chi connectivity index (χ0n) is 42.8. The highest BCUT2D eigenvalue weighted by atomic mass is 16.5. The number of esters is 1. The molecule has 0 radical (unpaired) electrons. The van der Waals surface area contributed by atoms with Crippen molar-refractivity contribution in [3.05, 3.63) is 36.5 Å². The van der Waals surface area contributed by atoms with E-state index >= 15 is 0 Å². The number of hydrogen-bond acceptors (Lipinski definition) is 5. The number of unbranched alkanes of at least 4 members (excludes halogenated alkanes) is 35. The number of hydrogen-bond donors (Lipinski definition) is 3. The van der Waals surface area contributed by atoms with Crippen LogP contribution in [0.4, 0.5) is 0 Å². The van der Waals surface area contributed by atoms with E-state index in [0.29, 0.717) is 32.3 Å². The van der Waals surface area contributed by atoms with E-state index in [9.17, 15) is 19.8 Å². The number of amides is 1. The average molecular weight is 901 g/mol. The van der Waals surface area contributed by atoms with Crippen molar-refractivity contribution in [2.75, 3.05) is 13.2 Å². The molecule has 3 N–H and O–H groups in total. The van der Waals surface area contributed by atoms with Gasteiger partial charge in [0.25, 0.3) is 0 Å². The van der Waals surface area contributed by atoms with Gasteiger partial charge in [-0.2, -0.15) is 0 Å². The van der Waals surface area contributed by atoms with Crippen LogP contribution in [0.5, 0.6) is 0 Å². The smallest absolute Gasteiger partial charge is 0.305 e. The molecule has 6 heteroatoms. The lowest BCUT2D eigenvalue weighted by Crippen LogP contribution is -2.45. The zero-order chi connectivity index (χ0) is 46.5. The summed E-state index contributed by atoms with van der Waals surface area (Å²) >= 11 is 0. The fourth-order valence-corrected chi connectivity index (χ4v) is 8.57. The Bertz CT molecular complexity index is 1040. The highest BCUT2D eigenvalue weighted by Gasteiger charge is 2.19. The van der Waals surface area contributed by atoms with Crippen LogP contribution in [0, 0.1) is 0 Å². The maximum Gasteiger partial charge on any atom is 0.305 e. The van der Waals surface area contributed by atoms with E-state index in [1.165, 1.54) is 205 Å². The molecule has 6 nitrogen and oxygen atoms in total. The second-order valence-electron chi connectivity index (χ2n) is 19.3. The van der Waals surface area contributed by atoms with Crippen LogP contribution in [0.15, 0.2) is 36.5 Å². The number of nitrogens with one attached hydrogen (secondary N) is 1. The number of carbonyl (C=O) groups excluding carboxylic acids is 2. The Morgan fingerprint density at radius 2 is 0.797 bits per heavy atom. The van der Waals surface area contributed by atoms with Crippen molar-refractivity contribution >= 4 is 11.9 Å². The van der Waals surface area contributed by atoms with Crippen molar-refractivity contribution in [1.29, 1.82) is 0 Å². The molecule has 1 amide bonds. The maximum atomic E-state index is 12.4. The second-order valence-corrected chi connectivity index (χ2v) is 19.3. The Labute approximate surface area is 398 Å². The Morgan fingerprint density at radius 1 is 0.438 bits per heavy atom.